The van der Waals surface area contributed by atoms with Gasteiger partial charge in [-0.3, -0.25) is 0 Å². The third kappa shape index (κ3) is 18.1. The molecule has 0 saturated carbocycles. The first-order chi connectivity index (χ1) is 9.41. The molecule has 0 bridgehead atoms. The summed E-state index contributed by atoms with van der Waals surface area (Å²) in [5.74, 6) is 0. The molecule has 0 aliphatic carbocycles. The summed E-state index contributed by atoms with van der Waals surface area (Å²) in [5, 5.41) is 3.54. The Labute approximate surface area is 124 Å². The molecule has 0 aliphatic heterocycles. The van der Waals surface area contributed by atoms with Gasteiger partial charge in [-0.2, -0.15) is 0 Å². The summed E-state index contributed by atoms with van der Waals surface area (Å²) in [5.41, 5.74) is 5.48. The van der Waals surface area contributed by atoms with Crippen LogP contribution >= 0.6 is 0 Å². The van der Waals surface area contributed by atoms with Crippen molar-refractivity contribution in [2.45, 2.75) is 83.1 Å². The first-order valence-corrected chi connectivity index (χ1v) is 10.2. The maximum Gasteiger partial charge on any atom is 0.00286 e. The van der Waals surface area contributed by atoms with Crippen LogP contribution in [0.1, 0.15) is 77.0 Å². The molecule has 0 aromatic carbocycles. The highest BCUT2D eigenvalue weighted by atomic mass is 28.1. The van der Waals surface area contributed by atoms with Gasteiger partial charge < -0.3 is 11.1 Å². The molecule has 0 unspecified atom stereocenters. The Balaban J connectivity index is 2.88. The number of rotatable bonds is 16. The molecule has 0 spiro atoms. The molecule has 0 amide bonds. The van der Waals surface area contributed by atoms with E-state index in [0.717, 1.165) is 6.54 Å². The van der Waals surface area contributed by atoms with E-state index in [0.29, 0.717) is 0 Å². The van der Waals surface area contributed by atoms with Crippen LogP contribution in [0.25, 0.3) is 0 Å². The number of unbranched alkanes of at least 4 members (excludes halogenated alkanes) is 10. The molecule has 0 radical (unpaired) electrons. The Kier molecular flexibility index (Phi) is 18.3. The highest BCUT2D eigenvalue weighted by molar-refractivity contribution is 6.08. The normalized spacial score (nSPS) is 11.2. The van der Waals surface area contributed by atoms with E-state index in [-0.39, 0.29) is 0 Å². The first kappa shape index (κ1) is 19.1. The Bertz CT molecular complexity index is 138. The van der Waals surface area contributed by atoms with Crippen LogP contribution in [-0.4, -0.2) is 29.9 Å². The van der Waals surface area contributed by atoms with E-state index in [1.54, 1.807) is 0 Å². The Morgan fingerprint density at radius 2 is 1.00 bits per heavy atom. The maximum absolute atomic E-state index is 5.48. The Morgan fingerprint density at radius 1 is 0.579 bits per heavy atom. The van der Waals surface area contributed by atoms with E-state index in [1.165, 1.54) is 106 Å². The zero-order valence-corrected chi connectivity index (χ0v) is 15.4. The summed E-state index contributed by atoms with van der Waals surface area (Å²) in [6, 6.07) is 1.44. The van der Waals surface area contributed by atoms with Crippen molar-refractivity contribution in [3.8, 4) is 0 Å². The molecule has 3 heteroatoms. The lowest BCUT2D eigenvalue weighted by atomic mass is 10.1. The van der Waals surface area contributed by atoms with Gasteiger partial charge >= 0.3 is 0 Å². The predicted octanol–water partition coefficient (Wildman–Crippen LogP) is 3.00. The highest BCUT2D eigenvalue weighted by Gasteiger charge is 1.93. The summed E-state index contributed by atoms with van der Waals surface area (Å²) in [4.78, 5) is 0. The standard InChI is InChI=1S/C16H38N2Si/c17-13-10-8-6-4-2-1-3-5-7-9-11-14-18-15-12-16-19/h18H,1-17H2,19H3. The van der Waals surface area contributed by atoms with E-state index in [9.17, 15) is 0 Å². The van der Waals surface area contributed by atoms with Crippen molar-refractivity contribution in [3.05, 3.63) is 0 Å². The average Bonchev–Trinajstić information content (AvgIpc) is 2.43. The zero-order valence-electron chi connectivity index (χ0n) is 13.4. The van der Waals surface area contributed by atoms with E-state index in [4.69, 9.17) is 5.73 Å². The zero-order chi connectivity index (χ0) is 14.0. The van der Waals surface area contributed by atoms with E-state index < -0.39 is 0 Å². The fourth-order valence-electron chi connectivity index (χ4n) is 2.41. The van der Waals surface area contributed by atoms with Gasteiger partial charge in [0.25, 0.3) is 0 Å². The van der Waals surface area contributed by atoms with Gasteiger partial charge in [0.15, 0.2) is 0 Å². The van der Waals surface area contributed by atoms with E-state index in [1.807, 2.05) is 0 Å². The molecule has 0 atom stereocenters. The lowest BCUT2D eigenvalue weighted by Gasteiger charge is -2.04. The number of hydrogen-bond donors (Lipinski definition) is 2. The van der Waals surface area contributed by atoms with Crippen molar-refractivity contribution >= 4 is 10.2 Å². The maximum atomic E-state index is 5.48. The monoisotopic (exact) mass is 286 g/mol. The second kappa shape index (κ2) is 18.1. The molecule has 19 heavy (non-hydrogen) atoms. The quantitative estimate of drug-likeness (QED) is 0.338. The van der Waals surface area contributed by atoms with Crippen LogP contribution < -0.4 is 11.1 Å². The molecule has 0 aromatic heterocycles. The molecule has 3 N–H and O–H groups in total. The topological polar surface area (TPSA) is 38.0 Å². The van der Waals surface area contributed by atoms with Gasteiger partial charge in [-0.1, -0.05) is 63.8 Å². The van der Waals surface area contributed by atoms with Gasteiger partial charge in [-0.15, -0.1) is 0 Å². The van der Waals surface area contributed by atoms with Crippen molar-refractivity contribution in [2.24, 2.45) is 5.73 Å². The molecular weight excluding hydrogens is 248 g/mol. The summed E-state index contributed by atoms with van der Waals surface area (Å²) in [6.45, 7) is 3.35. The number of nitrogens with two attached hydrogens (primary N) is 1. The van der Waals surface area contributed by atoms with Crippen LogP contribution in [0.15, 0.2) is 0 Å². The van der Waals surface area contributed by atoms with Gasteiger partial charge in [-0.25, -0.2) is 0 Å². The van der Waals surface area contributed by atoms with Crippen molar-refractivity contribution < 1.29 is 0 Å². The Hall–Kier alpha value is 0.137. The van der Waals surface area contributed by atoms with Crippen molar-refractivity contribution in [1.82, 2.24) is 5.32 Å². The minimum atomic E-state index is 0.870. The SMILES string of the molecule is NCCCCCCCCCCCCCNCCC[SiH3]. The van der Waals surface area contributed by atoms with Crippen molar-refractivity contribution in [2.75, 3.05) is 19.6 Å². The lowest BCUT2D eigenvalue weighted by Crippen LogP contribution is -2.16. The molecule has 0 heterocycles. The first-order valence-electron chi connectivity index (χ1n) is 8.82. The molecule has 116 valence electrons. The number of hydrogen-bond acceptors (Lipinski definition) is 2. The van der Waals surface area contributed by atoms with Gasteiger partial charge in [0.05, 0.1) is 0 Å². The van der Waals surface area contributed by atoms with Crippen LogP contribution in [0.4, 0.5) is 0 Å². The summed E-state index contributed by atoms with van der Waals surface area (Å²) >= 11 is 0. The van der Waals surface area contributed by atoms with Crippen LogP contribution in [0.2, 0.25) is 6.04 Å². The fraction of sp³-hybridized carbons (Fsp3) is 1.00. The number of nitrogens with one attached hydrogen (secondary N) is 1. The third-order valence-corrected chi connectivity index (χ3v) is 4.47. The lowest BCUT2D eigenvalue weighted by molar-refractivity contribution is 0.537. The minimum Gasteiger partial charge on any atom is -0.330 e. The second-order valence-electron chi connectivity index (χ2n) is 5.78. The van der Waals surface area contributed by atoms with Gasteiger partial charge in [0, 0.05) is 10.2 Å². The summed E-state index contributed by atoms with van der Waals surface area (Å²) < 4.78 is 0. The fourth-order valence-corrected chi connectivity index (χ4v) is 2.77. The average molecular weight is 287 g/mol. The molecule has 2 nitrogen and oxygen atoms in total. The molecule has 0 fully saturated rings. The van der Waals surface area contributed by atoms with Gasteiger partial charge in [0.2, 0.25) is 0 Å². The largest absolute Gasteiger partial charge is 0.330 e. The van der Waals surface area contributed by atoms with Gasteiger partial charge in [0.1, 0.15) is 0 Å². The van der Waals surface area contributed by atoms with Gasteiger partial charge in [-0.05, 0) is 38.9 Å². The Morgan fingerprint density at radius 3 is 1.47 bits per heavy atom. The van der Waals surface area contributed by atoms with Crippen molar-refractivity contribution in [1.29, 1.82) is 0 Å². The molecule has 0 aliphatic rings. The van der Waals surface area contributed by atoms with Crippen molar-refractivity contribution in [3.63, 3.8) is 0 Å². The van der Waals surface area contributed by atoms with Crippen LogP contribution in [0.3, 0.4) is 0 Å². The van der Waals surface area contributed by atoms with Crippen LogP contribution in [0.5, 0.6) is 0 Å². The smallest absolute Gasteiger partial charge is 0.00286 e. The van der Waals surface area contributed by atoms with Crippen LogP contribution in [-0.2, 0) is 0 Å². The van der Waals surface area contributed by atoms with E-state index in [2.05, 4.69) is 5.32 Å². The molecule has 0 rings (SSSR count). The molecule has 0 aromatic rings. The highest BCUT2D eigenvalue weighted by Crippen LogP contribution is 2.10. The molecule has 0 saturated heterocycles. The summed E-state index contributed by atoms with van der Waals surface area (Å²) in [7, 11) is 1.36. The predicted molar refractivity (Wildman–Crippen MR) is 92.1 cm³/mol. The third-order valence-electron chi connectivity index (χ3n) is 3.76. The minimum absolute atomic E-state index is 0.870. The second-order valence-corrected chi connectivity index (χ2v) is 6.78. The molecular formula is C16H38N2Si. The van der Waals surface area contributed by atoms with E-state index >= 15 is 0 Å². The summed E-state index contributed by atoms with van der Waals surface area (Å²) in [6.07, 6.45) is 16.8. The van der Waals surface area contributed by atoms with Crippen LogP contribution in [0, 0.1) is 0 Å².